The second-order valence-corrected chi connectivity index (χ2v) is 42.6. The number of carbonyl (C=O) groups is 8. The zero-order valence-corrected chi connectivity index (χ0v) is 84.5. The predicted octanol–water partition coefficient (Wildman–Crippen LogP) is 21.6. The summed E-state index contributed by atoms with van der Waals surface area (Å²) in [5, 5.41) is 29.9. The number of carboxylic acids is 2. The van der Waals surface area contributed by atoms with Gasteiger partial charge in [0.1, 0.15) is 6.21 Å². The molecule has 0 spiro atoms. The van der Waals surface area contributed by atoms with E-state index in [1.165, 1.54) is 36.1 Å². The third-order valence-electron chi connectivity index (χ3n) is 20.7. The summed E-state index contributed by atoms with van der Waals surface area (Å²) in [7, 11) is 0. The average Bonchev–Trinajstić information content (AvgIpc) is 1.36. The molecule has 12 rings (SSSR count). The van der Waals surface area contributed by atoms with Gasteiger partial charge in [0.2, 0.25) is 23.2 Å². The zero-order chi connectivity index (χ0) is 99.0. The van der Waals surface area contributed by atoms with Crippen LogP contribution in [-0.4, -0.2) is 102 Å². The summed E-state index contributed by atoms with van der Waals surface area (Å²) in [6, 6.07) is 41.2. The number of benzene rings is 8. The molecule has 0 radical (unpaired) electrons. The summed E-state index contributed by atoms with van der Waals surface area (Å²) in [6.45, 7) is 53.5. The molecule has 130 heavy (non-hydrogen) atoms. The number of anilines is 4. The third-order valence-corrected chi connectivity index (χ3v) is 22.1. The minimum atomic E-state index is -1.00. The number of nitrogen functional groups attached to an aromatic ring is 4. The first-order valence-corrected chi connectivity index (χ1v) is 44.9. The lowest BCUT2D eigenvalue weighted by molar-refractivity contribution is -0.114. The number of nitrogens with one attached hydrogen (secondary N) is 2. The molecule has 25 nitrogen and oxygen atoms in total. The number of oxime groups is 1. The number of aromatic nitrogens is 4. The number of primary amides is 1. The van der Waals surface area contributed by atoms with E-state index in [9.17, 15) is 47.9 Å². The van der Waals surface area contributed by atoms with Gasteiger partial charge in [-0.2, -0.15) is 0 Å². The second kappa shape index (κ2) is 44.4. The number of Topliss-reactive ketones (excluding diaryl/α,β-unsaturated/α-hetero) is 3. The molecule has 0 aliphatic heterocycles. The van der Waals surface area contributed by atoms with Crippen molar-refractivity contribution in [3.8, 4) is 0 Å². The lowest BCUT2D eigenvalue weighted by Crippen LogP contribution is -2.21. The third kappa shape index (κ3) is 30.3. The molecular weight excluding hydrogens is 1840 g/mol. The fraction of sp³-hybridized carbons (Fsp3) is 0.402. The number of rotatable bonds is 11. The van der Waals surface area contributed by atoms with Crippen molar-refractivity contribution in [1.29, 1.82) is 0 Å². The quantitative estimate of drug-likeness (QED) is 0.0144. The first-order valence-electron chi connectivity index (χ1n) is 42.6. The van der Waals surface area contributed by atoms with Crippen LogP contribution >= 0.6 is 47.8 Å². The molecule has 698 valence electrons. The number of hydrogen-bond donors (Lipinski definition) is 10. The Kier molecular flexibility index (Phi) is 37.3. The number of ether oxygens (including phenoxy) is 2. The summed E-state index contributed by atoms with van der Waals surface area (Å²) in [5.41, 5.74) is 42.9. The van der Waals surface area contributed by atoms with Crippen LogP contribution in [-0.2, 0) is 75.2 Å². The van der Waals surface area contributed by atoms with Crippen molar-refractivity contribution < 1.29 is 63.3 Å². The molecule has 2 aliphatic carbocycles. The molecule has 15 N–H and O–H groups in total. The lowest BCUT2D eigenvalue weighted by Gasteiger charge is -2.22. The van der Waals surface area contributed by atoms with Gasteiger partial charge in [0.15, 0.2) is 5.78 Å². The maximum Gasteiger partial charge on any atom is 0.374 e. The standard InChI is InChI=1S/C18H22N2O3.C15H17BrN2O3.C13H17NO2.C13H14O2.C11H15BrN2O.C11H14BrNO2.C11H15NO2.C10H15N/c1-5-23-17(22)15-19-14-12(16(21)20-15)8-11(10-6-7-10)9-13(14)18(2,3)4;1-5-21-14(20)12-17-11-9(13(19)18-12)6-8(16)7-10(11)15(2,3)4;1-13(2,3)12-7-5-4-6-10(12)8-11(15)9-14-16;1-13(2,3)10-6-4-5-8-9(10)7-11(14)12(8)15;2*1-11(2,3)8-5-6(12)4-7(9(8)13)10(14)15;1-11(2,3)8-6-4-5-7(9(8)12)10(13)14;1-10(2,3)8-6-4-5-7-9(8)11/h8-10H,5-7H2,1-4H3,(H,19,20,21);6-7H,5H2,1-4H3,(H,17,18,19);4-7,9,16H,8H2,1-3H3;4-6H,7H2,1-3H3;4-5H,13H2,1-3H3,(H2,14,15);4-5H,13H2,1-3H3,(H,14,15);4-6H,12H2,1-3H3,(H,13,14);4-7H,11H2,1-3H3/b;;14-9+;;;;;. The highest BCUT2D eigenvalue weighted by Gasteiger charge is 2.34. The number of H-pyrrole nitrogens is 2. The molecule has 0 unspecified atom stereocenters. The van der Waals surface area contributed by atoms with Gasteiger partial charge in [0, 0.05) is 54.6 Å². The molecule has 28 heteroatoms. The molecule has 2 aromatic heterocycles. The van der Waals surface area contributed by atoms with E-state index < -0.39 is 29.8 Å². The number of ketones is 3. The number of amides is 1. The van der Waals surface area contributed by atoms with E-state index in [0.29, 0.717) is 55.9 Å². The Morgan fingerprint density at radius 3 is 1.25 bits per heavy atom. The Morgan fingerprint density at radius 1 is 0.454 bits per heavy atom. The molecule has 0 atom stereocenters. The summed E-state index contributed by atoms with van der Waals surface area (Å²) in [5.74, 6) is -4.05. The Labute approximate surface area is 788 Å². The number of nitrogens with zero attached hydrogens (tertiary/aromatic N) is 3. The average molecular weight is 1970 g/mol. The number of halogens is 3. The normalized spacial score (nSPS) is 12.7. The highest BCUT2D eigenvalue weighted by molar-refractivity contribution is 9.11. The maximum absolute atomic E-state index is 12.5. The van der Waals surface area contributed by atoms with Gasteiger partial charge in [-0.3, -0.25) is 28.8 Å². The molecule has 0 saturated heterocycles. The van der Waals surface area contributed by atoms with Crippen molar-refractivity contribution in [1.82, 2.24) is 19.9 Å². The number of para-hydroxylation sites is 2. The Morgan fingerprint density at radius 2 is 0.831 bits per heavy atom. The number of carboxylic acid groups (broad SMARTS) is 2. The fourth-order valence-corrected chi connectivity index (χ4v) is 15.5. The van der Waals surface area contributed by atoms with Gasteiger partial charge in [-0.05, 0) is 192 Å². The van der Waals surface area contributed by atoms with Crippen molar-refractivity contribution in [3.63, 3.8) is 0 Å². The monoisotopic (exact) mass is 1970 g/mol. The summed E-state index contributed by atoms with van der Waals surface area (Å²) < 4.78 is 12.2. The van der Waals surface area contributed by atoms with E-state index in [1.54, 1.807) is 38.1 Å². The molecular formula is C102H129Br3N10O15. The summed E-state index contributed by atoms with van der Waals surface area (Å²) in [4.78, 5) is 129. The number of aromatic carboxylic acids is 2. The van der Waals surface area contributed by atoms with Crippen molar-refractivity contribution in [2.24, 2.45) is 10.9 Å². The molecule has 1 fully saturated rings. The molecule has 8 aromatic carbocycles. The van der Waals surface area contributed by atoms with Crippen LogP contribution in [0, 0.1) is 0 Å². The number of hydrogen-bond acceptors (Lipinski definition) is 20. The van der Waals surface area contributed by atoms with E-state index in [1.807, 2.05) is 168 Å². The van der Waals surface area contributed by atoms with Crippen molar-refractivity contribution in [2.75, 3.05) is 36.1 Å². The van der Waals surface area contributed by atoms with Gasteiger partial charge in [-0.25, -0.2) is 29.1 Å². The predicted molar refractivity (Wildman–Crippen MR) is 532 cm³/mol. The van der Waals surface area contributed by atoms with Crippen LogP contribution in [0.25, 0.3) is 21.8 Å². The molecule has 2 heterocycles. The van der Waals surface area contributed by atoms with E-state index in [-0.39, 0.29) is 121 Å². The van der Waals surface area contributed by atoms with Gasteiger partial charge in [0.25, 0.3) is 17.0 Å². The van der Waals surface area contributed by atoms with E-state index in [0.717, 1.165) is 75.4 Å². The molecule has 1 amide bonds. The highest BCUT2D eigenvalue weighted by Crippen LogP contribution is 2.44. The second-order valence-electron chi connectivity index (χ2n) is 39.8. The van der Waals surface area contributed by atoms with Crippen LogP contribution in [0.3, 0.4) is 0 Å². The Hall–Kier alpha value is -11.5. The molecule has 0 bridgehead atoms. The number of aromatic amines is 2. The highest BCUT2D eigenvalue weighted by atomic mass is 79.9. The number of carbonyl (C=O) groups excluding carboxylic acids is 6. The molecule has 2 aliphatic rings. The SMILES string of the molecule is CC(C)(C)c1cc(Br)cc(C(=O)O)c1N.CC(C)(C)c1cc(Br)cc(C(N)=O)c1N.CC(C)(C)c1cccc(C(=O)O)c1N.CC(C)(C)c1cccc2c1CC(=O)C2=O.CC(C)(C)c1ccccc1CC(=O)/C=N/O.CC(C)(C)c1ccccc1N.CCOC(=O)c1nc2c(C(C)(C)C)cc(Br)cc2c(=O)[nH]1.CCOC(=O)c1nc2c(C(C)(C)C)cc(C3CC3)cc2c(=O)[nH]1. The Bertz CT molecular complexity index is 5930. The number of nitrogens with two attached hydrogens (primary N) is 5. The van der Waals surface area contributed by atoms with Crippen molar-refractivity contribution >= 4 is 146 Å². The van der Waals surface area contributed by atoms with Crippen LogP contribution in [0.4, 0.5) is 22.7 Å². The first kappa shape index (κ1) is 109. The molecule has 10 aromatic rings. The van der Waals surface area contributed by atoms with Crippen LogP contribution < -0.4 is 39.8 Å². The fourth-order valence-electron chi connectivity index (χ4n) is 14.1. The smallest absolute Gasteiger partial charge is 0.374 e. The first-order chi connectivity index (χ1) is 59.7. The van der Waals surface area contributed by atoms with Crippen molar-refractivity contribution in [3.05, 3.63) is 263 Å². The minimum absolute atomic E-state index is 0.00717. The van der Waals surface area contributed by atoms with Crippen molar-refractivity contribution in [2.45, 2.75) is 255 Å². The molecule has 1 saturated carbocycles. The van der Waals surface area contributed by atoms with E-state index >= 15 is 0 Å². The zero-order valence-electron chi connectivity index (χ0n) is 79.7. The van der Waals surface area contributed by atoms with Crippen LogP contribution in [0.5, 0.6) is 0 Å². The van der Waals surface area contributed by atoms with Crippen LogP contribution in [0.1, 0.15) is 323 Å². The van der Waals surface area contributed by atoms with Gasteiger partial charge in [-0.1, -0.05) is 298 Å². The van der Waals surface area contributed by atoms with Crippen LogP contribution in [0.2, 0.25) is 0 Å². The maximum atomic E-state index is 12.5. The van der Waals surface area contributed by atoms with Gasteiger partial charge < -0.3 is 63.5 Å². The van der Waals surface area contributed by atoms with Crippen LogP contribution in [0.15, 0.2) is 162 Å². The summed E-state index contributed by atoms with van der Waals surface area (Å²) in [6.07, 6.45) is 3.83. The van der Waals surface area contributed by atoms with E-state index in [2.05, 4.69) is 168 Å². The largest absolute Gasteiger partial charge is 0.478 e. The van der Waals surface area contributed by atoms with Gasteiger partial charge in [-0.15, -0.1) is 0 Å². The van der Waals surface area contributed by atoms with Gasteiger partial charge >= 0.3 is 23.9 Å². The number of fused-ring (bicyclic) bond motifs is 3. The Balaban J connectivity index is 0.000000266. The summed E-state index contributed by atoms with van der Waals surface area (Å²) >= 11 is 10.0. The van der Waals surface area contributed by atoms with Gasteiger partial charge in [0.05, 0.1) is 51.7 Å². The topological polar surface area (TPSA) is 450 Å². The number of esters is 2. The minimum Gasteiger partial charge on any atom is -0.478 e. The van der Waals surface area contributed by atoms with E-state index in [4.69, 9.17) is 53.6 Å². The lowest BCUT2D eigenvalue weighted by atomic mass is 9.82.